The van der Waals surface area contributed by atoms with Gasteiger partial charge in [0.1, 0.15) is 0 Å². The second kappa shape index (κ2) is 6.05. The Kier molecular flexibility index (Phi) is 5.01. The molecular weight excluding hydrogens is 194 g/mol. The molecule has 0 aromatic heterocycles. The summed E-state index contributed by atoms with van der Waals surface area (Å²) in [5, 5.41) is 14.7. The third kappa shape index (κ3) is 3.77. The van der Waals surface area contributed by atoms with E-state index in [2.05, 4.69) is 10.6 Å². The van der Waals surface area contributed by atoms with Crippen molar-refractivity contribution in [2.45, 2.75) is 31.3 Å². The number of nitrogens with zero attached hydrogens (tertiary/aromatic N) is 1. The molecule has 1 rings (SSSR count). The summed E-state index contributed by atoms with van der Waals surface area (Å²) in [5.74, 6) is 0.160. The first-order valence-corrected chi connectivity index (χ1v) is 5.44. The summed E-state index contributed by atoms with van der Waals surface area (Å²) in [7, 11) is 3.56. The Bertz CT molecular complexity index is 209. The van der Waals surface area contributed by atoms with Crippen LogP contribution in [0.25, 0.3) is 0 Å². The molecule has 0 saturated carbocycles. The summed E-state index contributed by atoms with van der Waals surface area (Å²) in [6, 6.07) is 0.386. The van der Waals surface area contributed by atoms with Crippen LogP contribution in [-0.4, -0.2) is 55.4 Å². The fourth-order valence-corrected chi connectivity index (χ4v) is 1.91. The van der Waals surface area contributed by atoms with Crippen LogP contribution >= 0.6 is 0 Å². The second-order valence-electron chi connectivity index (χ2n) is 4.17. The Hall–Kier alpha value is -0.650. The fourth-order valence-electron chi connectivity index (χ4n) is 1.91. The lowest BCUT2D eigenvalue weighted by molar-refractivity contribution is -0.130. The number of carbonyl (C=O) groups excluding carboxylic acids is 1. The highest BCUT2D eigenvalue weighted by molar-refractivity contribution is 5.81. The summed E-state index contributed by atoms with van der Waals surface area (Å²) in [6.45, 7) is 0.809. The first-order valence-electron chi connectivity index (χ1n) is 5.44. The van der Waals surface area contributed by atoms with Gasteiger partial charge in [-0.1, -0.05) is 0 Å². The molecule has 3 N–H and O–H groups in total. The fraction of sp³-hybridized carbons (Fsp3) is 0.900. The van der Waals surface area contributed by atoms with E-state index < -0.39 is 0 Å². The molecule has 2 unspecified atom stereocenters. The monoisotopic (exact) mass is 215 g/mol. The minimum Gasteiger partial charge on any atom is -0.381 e. The normalized spacial score (nSPS) is 25.5. The van der Waals surface area contributed by atoms with Crippen LogP contribution in [0.15, 0.2) is 0 Å². The van der Waals surface area contributed by atoms with E-state index in [1.54, 1.807) is 19.0 Å². The topological polar surface area (TPSA) is 64.6 Å². The van der Waals surface area contributed by atoms with Crippen molar-refractivity contribution in [1.29, 1.82) is 0 Å². The number of aliphatic hydroxyl groups is 1. The number of nitrogens with one attached hydrogen (secondary N) is 2. The molecule has 5 heteroatoms. The summed E-state index contributed by atoms with van der Waals surface area (Å²) in [4.78, 5) is 13.3. The number of rotatable bonds is 5. The van der Waals surface area contributed by atoms with Crippen molar-refractivity contribution in [2.75, 3.05) is 27.4 Å². The number of carbonyl (C=O) groups is 1. The molecule has 2 atom stereocenters. The number of likely N-dealkylation sites (N-methyl/N-ethyl adjacent to an activating group) is 1. The first kappa shape index (κ1) is 12.4. The zero-order valence-corrected chi connectivity index (χ0v) is 9.49. The van der Waals surface area contributed by atoms with Gasteiger partial charge in [0, 0.05) is 20.1 Å². The van der Waals surface area contributed by atoms with Crippen LogP contribution in [0.5, 0.6) is 0 Å². The van der Waals surface area contributed by atoms with Crippen molar-refractivity contribution in [3.05, 3.63) is 0 Å². The molecule has 1 saturated heterocycles. The largest absolute Gasteiger partial charge is 0.381 e. The van der Waals surface area contributed by atoms with Crippen LogP contribution in [0.2, 0.25) is 0 Å². The number of aliphatic hydroxyl groups excluding tert-OH is 1. The standard InChI is InChI=1S/C10H21N3O2/c1-13(2)10(15)9-4-3-8(12-9)5-6-11-7-14/h8-9,11-12,14H,3-7H2,1-2H3. The zero-order valence-electron chi connectivity index (χ0n) is 9.49. The third-order valence-electron chi connectivity index (χ3n) is 2.76. The van der Waals surface area contributed by atoms with Gasteiger partial charge in [0.2, 0.25) is 5.91 Å². The van der Waals surface area contributed by atoms with E-state index in [0.717, 1.165) is 25.8 Å². The van der Waals surface area contributed by atoms with Gasteiger partial charge in [0.25, 0.3) is 0 Å². The van der Waals surface area contributed by atoms with Gasteiger partial charge in [-0.05, 0) is 25.8 Å². The molecular formula is C10H21N3O2. The van der Waals surface area contributed by atoms with Gasteiger partial charge in [0.15, 0.2) is 0 Å². The number of hydrogen-bond acceptors (Lipinski definition) is 4. The quantitative estimate of drug-likeness (QED) is 0.412. The molecule has 0 radical (unpaired) electrons. The predicted octanol–water partition coefficient (Wildman–Crippen LogP) is -0.875. The Balaban J connectivity index is 2.23. The molecule has 0 aromatic carbocycles. The molecule has 0 aromatic rings. The van der Waals surface area contributed by atoms with E-state index in [4.69, 9.17) is 5.11 Å². The highest BCUT2D eigenvalue weighted by atomic mass is 16.3. The third-order valence-corrected chi connectivity index (χ3v) is 2.76. The molecule has 15 heavy (non-hydrogen) atoms. The van der Waals surface area contributed by atoms with Crippen molar-refractivity contribution in [2.24, 2.45) is 0 Å². The van der Waals surface area contributed by atoms with Gasteiger partial charge in [-0.3, -0.25) is 10.1 Å². The van der Waals surface area contributed by atoms with E-state index >= 15 is 0 Å². The van der Waals surface area contributed by atoms with Crippen molar-refractivity contribution < 1.29 is 9.90 Å². The maximum Gasteiger partial charge on any atom is 0.239 e. The molecule has 1 aliphatic rings. The molecule has 1 aliphatic heterocycles. The van der Waals surface area contributed by atoms with Crippen molar-refractivity contribution in [3.63, 3.8) is 0 Å². The molecule has 1 fully saturated rings. The van der Waals surface area contributed by atoms with Gasteiger partial charge in [-0.25, -0.2) is 0 Å². The highest BCUT2D eigenvalue weighted by Gasteiger charge is 2.29. The van der Waals surface area contributed by atoms with E-state index in [1.807, 2.05) is 0 Å². The smallest absolute Gasteiger partial charge is 0.239 e. The number of hydrogen-bond donors (Lipinski definition) is 3. The van der Waals surface area contributed by atoms with Gasteiger partial charge in [-0.2, -0.15) is 0 Å². The second-order valence-corrected chi connectivity index (χ2v) is 4.17. The van der Waals surface area contributed by atoms with E-state index in [0.29, 0.717) is 6.04 Å². The van der Waals surface area contributed by atoms with Gasteiger partial charge in [0.05, 0.1) is 12.8 Å². The summed E-state index contributed by atoms with van der Waals surface area (Å²) >= 11 is 0. The van der Waals surface area contributed by atoms with Crippen LogP contribution in [0, 0.1) is 0 Å². The van der Waals surface area contributed by atoms with Gasteiger partial charge < -0.3 is 15.3 Å². The Morgan fingerprint density at radius 2 is 2.27 bits per heavy atom. The Morgan fingerprint density at radius 3 is 2.87 bits per heavy atom. The lowest BCUT2D eigenvalue weighted by atomic mass is 10.1. The van der Waals surface area contributed by atoms with Crippen LogP contribution in [0.3, 0.4) is 0 Å². The molecule has 0 spiro atoms. The summed E-state index contributed by atoms with van der Waals surface area (Å²) < 4.78 is 0. The Morgan fingerprint density at radius 1 is 1.53 bits per heavy atom. The molecule has 1 amide bonds. The van der Waals surface area contributed by atoms with Crippen LogP contribution in [-0.2, 0) is 4.79 Å². The lowest BCUT2D eigenvalue weighted by Crippen LogP contribution is -2.42. The van der Waals surface area contributed by atoms with Crippen molar-refractivity contribution >= 4 is 5.91 Å². The summed E-state index contributed by atoms with van der Waals surface area (Å²) in [5.41, 5.74) is 0. The molecule has 88 valence electrons. The average Bonchev–Trinajstić information content (AvgIpc) is 2.65. The van der Waals surface area contributed by atoms with E-state index in [9.17, 15) is 4.79 Å². The molecule has 5 nitrogen and oxygen atoms in total. The van der Waals surface area contributed by atoms with Gasteiger partial charge in [-0.15, -0.1) is 0 Å². The Labute approximate surface area is 90.8 Å². The van der Waals surface area contributed by atoms with Crippen molar-refractivity contribution in [1.82, 2.24) is 15.5 Å². The predicted molar refractivity (Wildman–Crippen MR) is 58.3 cm³/mol. The van der Waals surface area contributed by atoms with Crippen LogP contribution < -0.4 is 10.6 Å². The zero-order chi connectivity index (χ0) is 11.3. The maximum atomic E-state index is 11.6. The number of amides is 1. The minimum absolute atomic E-state index is 0.0147. The maximum absolute atomic E-state index is 11.6. The minimum atomic E-state index is -0.0147. The van der Waals surface area contributed by atoms with E-state index in [1.165, 1.54) is 0 Å². The molecule has 0 aliphatic carbocycles. The molecule has 0 bridgehead atoms. The van der Waals surface area contributed by atoms with Gasteiger partial charge >= 0.3 is 0 Å². The lowest BCUT2D eigenvalue weighted by Gasteiger charge is -2.17. The SMILES string of the molecule is CN(C)C(=O)C1CCC(CCNCO)N1. The van der Waals surface area contributed by atoms with Crippen molar-refractivity contribution in [3.8, 4) is 0 Å². The molecule has 1 heterocycles. The van der Waals surface area contributed by atoms with Crippen LogP contribution in [0.4, 0.5) is 0 Å². The highest BCUT2D eigenvalue weighted by Crippen LogP contribution is 2.15. The first-order chi connectivity index (χ1) is 7.15. The van der Waals surface area contributed by atoms with E-state index in [-0.39, 0.29) is 18.7 Å². The van der Waals surface area contributed by atoms with Crippen LogP contribution in [0.1, 0.15) is 19.3 Å². The summed E-state index contributed by atoms with van der Waals surface area (Å²) in [6.07, 6.45) is 2.91. The average molecular weight is 215 g/mol.